The molecule has 0 unspecified atom stereocenters. The van der Waals surface area contributed by atoms with Gasteiger partial charge in [-0.2, -0.15) is 0 Å². The molecule has 0 bridgehead atoms. The molecule has 0 amide bonds. The van der Waals surface area contributed by atoms with Gasteiger partial charge < -0.3 is 10.0 Å². The quantitative estimate of drug-likeness (QED) is 0.402. The minimum absolute atomic E-state index is 0.678. The Morgan fingerprint density at radius 2 is 2.12 bits per heavy atom. The van der Waals surface area contributed by atoms with E-state index in [1.54, 1.807) is 12.2 Å². The van der Waals surface area contributed by atoms with E-state index in [-0.39, 0.29) is 0 Å². The van der Waals surface area contributed by atoms with Crippen molar-refractivity contribution in [3.8, 4) is 0 Å². The molecule has 2 N–H and O–H groups in total. The lowest BCUT2D eigenvalue weighted by atomic mass is 9.91. The average molecular weight is 112 g/mol. The highest BCUT2D eigenvalue weighted by Gasteiger charge is 1.94. The van der Waals surface area contributed by atoms with E-state index in [1.165, 1.54) is 5.98 Å². The maximum atomic E-state index is 8.21. The van der Waals surface area contributed by atoms with Crippen molar-refractivity contribution >= 4 is 7.12 Å². The zero-order chi connectivity index (χ0) is 6.41. The van der Waals surface area contributed by atoms with Crippen molar-refractivity contribution < 1.29 is 10.0 Å². The van der Waals surface area contributed by atoms with Crippen LogP contribution in [0.25, 0.3) is 0 Å². The molecule has 0 fully saturated rings. The minimum atomic E-state index is -1.32. The van der Waals surface area contributed by atoms with Gasteiger partial charge >= 0.3 is 7.12 Å². The second-order valence-electron chi connectivity index (χ2n) is 1.37. The van der Waals surface area contributed by atoms with Crippen LogP contribution in [0.4, 0.5) is 0 Å². The largest absolute Gasteiger partial charge is 0.480 e. The highest BCUT2D eigenvalue weighted by Crippen LogP contribution is 1.82. The zero-order valence-electron chi connectivity index (χ0n) is 4.62. The Morgan fingerprint density at radius 1 is 1.50 bits per heavy atom. The van der Waals surface area contributed by atoms with E-state index in [1.807, 2.05) is 0 Å². The van der Waals surface area contributed by atoms with E-state index >= 15 is 0 Å². The van der Waals surface area contributed by atoms with Gasteiger partial charge in [0.2, 0.25) is 0 Å². The highest BCUT2D eigenvalue weighted by atomic mass is 16.4. The Morgan fingerprint density at radius 3 is 2.50 bits per heavy atom. The van der Waals surface area contributed by atoms with Crippen molar-refractivity contribution in [2.45, 2.75) is 6.42 Å². The van der Waals surface area contributed by atoms with E-state index in [9.17, 15) is 0 Å². The SMILES string of the molecule is C=CCC=CB(O)O. The molecule has 0 aliphatic rings. The summed E-state index contributed by atoms with van der Waals surface area (Å²) >= 11 is 0. The topological polar surface area (TPSA) is 40.5 Å². The summed E-state index contributed by atoms with van der Waals surface area (Å²) in [4.78, 5) is 0. The van der Waals surface area contributed by atoms with Crippen molar-refractivity contribution in [1.29, 1.82) is 0 Å². The van der Waals surface area contributed by atoms with Gasteiger partial charge in [-0.05, 0) is 6.42 Å². The lowest BCUT2D eigenvalue weighted by molar-refractivity contribution is 0.424. The second kappa shape index (κ2) is 4.62. The first-order valence-corrected chi connectivity index (χ1v) is 2.41. The molecule has 0 aromatic rings. The van der Waals surface area contributed by atoms with Crippen LogP contribution in [0.2, 0.25) is 0 Å². The molecule has 8 heavy (non-hydrogen) atoms. The molecule has 2 nitrogen and oxygen atoms in total. The summed E-state index contributed by atoms with van der Waals surface area (Å²) in [5.74, 6) is 1.29. The molecule has 0 aromatic heterocycles. The third kappa shape index (κ3) is 5.46. The Kier molecular flexibility index (Phi) is 4.31. The van der Waals surface area contributed by atoms with E-state index in [2.05, 4.69) is 6.58 Å². The Hall–Kier alpha value is -0.535. The number of rotatable bonds is 3. The molecule has 0 aliphatic heterocycles. The highest BCUT2D eigenvalue weighted by molar-refractivity contribution is 6.47. The summed E-state index contributed by atoms with van der Waals surface area (Å²) in [6.45, 7) is 3.44. The van der Waals surface area contributed by atoms with Crippen LogP contribution >= 0.6 is 0 Å². The van der Waals surface area contributed by atoms with Crippen LogP contribution in [0.5, 0.6) is 0 Å². The molecule has 3 heteroatoms. The molecule has 0 saturated heterocycles. The Bertz CT molecular complexity index is 88.4. The number of hydrogen-bond donors (Lipinski definition) is 2. The van der Waals surface area contributed by atoms with Crippen molar-refractivity contribution in [2.75, 3.05) is 0 Å². The van der Waals surface area contributed by atoms with Crippen LogP contribution in [0.3, 0.4) is 0 Å². The van der Waals surface area contributed by atoms with Gasteiger partial charge in [-0.25, -0.2) is 0 Å². The first kappa shape index (κ1) is 7.46. The van der Waals surface area contributed by atoms with Gasteiger partial charge in [0.1, 0.15) is 0 Å². The van der Waals surface area contributed by atoms with Gasteiger partial charge in [-0.1, -0.05) is 18.1 Å². The summed E-state index contributed by atoms with van der Waals surface area (Å²) in [5, 5.41) is 16.4. The van der Waals surface area contributed by atoms with E-state index in [0.29, 0.717) is 6.42 Å². The van der Waals surface area contributed by atoms with Crippen molar-refractivity contribution in [2.24, 2.45) is 0 Å². The fourth-order valence-electron chi connectivity index (χ4n) is 0.297. The lowest BCUT2D eigenvalue weighted by Gasteiger charge is -1.82. The zero-order valence-corrected chi connectivity index (χ0v) is 4.62. The third-order valence-electron chi connectivity index (χ3n) is 0.611. The molecule has 0 rings (SSSR count). The maximum Gasteiger partial charge on any atom is 0.480 e. The van der Waals surface area contributed by atoms with Crippen molar-refractivity contribution in [1.82, 2.24) is 0 Å². The molecule has 0 spiro atoms. The van der Waals surface area contributed by atoms with E-state index in [4.69, 9.17) is 10.0 Å². The number of allylic oxidation sites excluding steroid dienone is 2. The first-order valence-electron chi connectivity index (χ1n) is 2.41. The van der Waals surface area contributed by atoms with Crippen LogP contribution in [0.1, 0.15) is 6.42 Å². The second-order valence-corrected chi connectivity index (χ2v) is 1.37. The van der Waals surface area contributed by atoms with Crippen molar-refractivity contribution in [3.63, 3.8) is 0 Å². The minimum Gasteiger partial charge on any atom is -0.424 e. The fourth-order valence-corrected chi connectivity index (χ4v) is 0.297. The van der Waals surface area contributed by atoms with E-state index in [0.717, 1.165) is 0 Å². The monoisotopic (exact) mass is 112 g/mol. The molecule has 0 saturated carbocycles. The normalized spacial score (nSPS) is 9.75. The average Bonchev–Trinajstić information content (AvgIpc) is 1.66. The smallest absolute Gasteiger partial charge is 0.424 e. The summed E-state index contributed by atoms with van der Waals surface area (Å²) in [6.07, 6.45) is 3.99. The molecule has 0 heterocycles. The van der Waals surface area contributed by atoms with Crippen LogP contribution in [0, 0.1) is 0 Å². The predicted molar refractivity (Wildman–Crippen MR) is 34.1 cm³/mol. The van der Waals surface area contributed by atoms with Crippen LogP contribution in [-0.4, -0.2) is 17.2 Å². The first-order chi connectivity index (χ1) is 3.77. The molecular formula is C5H9BO2. The van der Waals surface area contributed by atoms with E-state index < -0.39 is 7.12 Å². The molecule has 0 aromatic carbocycles. The molecule has 0 radical (unpaired) electrons. The molecule has 0 aliphatic carbocycles. The van der Waals surface area contributed by atoms with Crippen LogP contribution in [-0.2, 0) is 0 Å². The van der Waals surface area contributed by atoms with Gasteiger partial charge in [0.15, 0.2) is 0 Å². The van der Waals surface area contributed by atoms with Crippen LogP contribution < -0.4 is 0 Å². The standard InChI is InChI=1S/C5H9BO2/c1-2-3-4-5-6(7)8/h2,4-5,7-8H,1,3H2. The van der Waals surface area contributed by atoms with Gasteiger partial charge in [-0.15, -0.1) is 6.58 Å². The summed E-state index contributed by atoms with van der Waals surface area (Å²) in [5.41, 5.74) is 0. The maximum absolute atomic E-state index is 8.21. The van der Waals surface area contributed by atoms with Gasteiger partial charge in [-0.3, -0.25) is 0 Å². The summed E-state index contributed by atoms with van der Waals surface area (Å²) < 4.78 is 0. The summed E-state index contributed by atoms with van der Waals surface area (Å²) in [7, 11) is -1.32. The molecular weight excluding hydrogens is 103 g/mol. The Labute approximate surface area is 49.3 Å². The fraction of sp³-hybridized carbons (Fsp3) is 0.200. The Balaban J connectivity index is 3.19. The lowest BCUT2D eigenvalue weighted by Crippen LogP contribution is -2.05. The molecule has 0 atom stereocenters. The molecule has 44 valence electrons. The van der Waals surface area contributed by atoms with Gasteiger partial charge in [0, 0.05) is 0 Å². The summed E-state index contributed by atoms with van der Waals surface area (Å²) in [6, 6.07) is 0. The third-order valence-corrected chi connectivity index (χ3v) is 0.611. The number of hydrogen-bond acceptors (Lipinski definition) is 2. The van der Waals surface area contributed by atoms with Gasteiger partial charge in [0.05, 0.1) is 0 Å². The predicted octanol–water partition coefficient (Wildman–Crippen LogP) is 0.131. The van der Waals surface area contributed by atoms with Crippen molar-refractivity contribution in [3.05, 3.63) is 24.7 Å². The van der Waals surface area contributed by atoms with Crippen LogP contribution in [0.15, 0.2) is 24.7 Å². The van der Waals surface area contributed by atoms with Gasteiger partial charge in [0.25, 0.3) is 0 Å².